The summed E-state index contributed by atoms with van der Waals surface area (Å²) < 4.78 is 31.7. The molecule has 3 fully saturated rings. The molecule has 0 radical (unpaired) electrons. The highest BCUT2D eigenvalue weighted by atomic mass is 19.4. The van der Waals surface area contributed by atoms with Crippen LogP contribution in [0.15, 0.2) is 24.5 Å². The number of pyridine rings is 1. The van der Waals surface area contributed by atoms with E-state index in [9.17, 15) is 27.6 Å². The molecule has 0 aromatic carbocycles. The monoisotopic (exact) mass is 527 g/mol. The molecule has 204 valence electrons. The number of urea groups is 1. The van der Waals surface area contributed by atoms with Crippen LogP contribution in [0.3, 0.4) is 0 Å². The molecule has 4 rings (SSSR count). The van der Waals surface area contributed by atoms with Crippen LogP contribution in [0.4, 0.5) is 18.0 Å². The lowest BCUT2D eigenvalue weighted by Crippen LogP contribution is -2.53. The fourth-order valence-corrected chi connectivity index (χ4v) is 5.71. The molecular weight excluding hydrogens is 495 g/mol. The zero-order chi connectivity index (χ0) is 27.6. The molecule has 0 aliphatic carbocycles. The Morgan fingerprint density at radius 2 is 1.59 bits per heavy atom. The maximum atomic E-state index is 13.5. The van der Waals surface area contributed by atoms with Crippen LogP contribution in [0, 0.1) is 10.8 Å². The van der Waals surface area contributed by atoms with Crippen LogP contribution in [0.1, 0.15) is 36.5 Å². The van der Waals surface area contributed by atoms with Crippen LogP contribution in [-0.4, -0.2) is 113 Å². The molecule has 3 saturated heterocycles. The average Bonchev–Trinajstić information content (AvgIpc) is 3.36. The van der Waals surface area contributed by atoms with Gasteiger partial charge >= 0.3 is 18.2 Å². The largest absolute Gasteiger partial charge is 0.490 e. The van der Waals surface area contributed by atoms with Gasteiger partial charge in [0.1, 0.15) is 0 Å². The summed E-state index contributed by atoms with van der Waals surface area (Å²) in [5.41, 5.74) is -0.157. The molecule has 3 aliphatic heterocycles. The molecule has 37 heavy (non-hydrogen) atoms. The van der Waals surface area contributed by atoms with Crippen molar-refractivity contribution >= 4 is 23.8 Å². The zero-order valence-corrected chi connectivity index (χ0v) is 21.1. The number of carboxylic acid groups (broad SMARTS) is 1. The Morgan fingerprint density at radius 1 is 1.03 bits per heavy atom. The number of amides is 4. The number of carboxylic acids is 1. The molecule has 3 aliphatic rings. The van der Waals surface area contributed by atoms with Crippen molar-refractivity contribution < 1.29 is 37.5 Å². The molecule has 1 N–H and O–H groups in total. The number of alkyl halides is 3. The quantitative estimate of drug-likeness (QED) is 0.631. The van der Waals surface area contributed by atoms with E-state index in [0.29, 0.717) is 38.3 Å². The first-order chi connectivity index (χ1) is 17.3. The van der Waals surface area contributed by atoms with Crippen LogP contribution in [-0.2, 0) is 9.59 Å². The molecular formula is C24H32F3N5O5. The fraction of sp³-hybridized carbons (Fsp3) is 0.625. The zero-order valence-electron chi connectivity index (χ0n) is 21.1. The van der Waals surface area contributed by atoms with Gasteiger partial charge in [0.2, 0.25) is 5.91 Å². The van der Waals surface area contributed by atoms with Crippen LogP contribution in [0.25, 0.3) is 0 Å². The number of nitrogens with zero attached hydrogens (tertiary/aromatic N) is 5. The molecule has 0 bridgehead atoms. The van der Waals surface area contributed by atoms with Crippen LogP contribution >= 0.6 is 0 Å². The summed E-state index contributed by atoms with van der Waals surface area (Å²) in [4.78, 5) is 59.3. The lowest BCUT2D eigenvalue weighted by molar-refractivity contribution is -0.192. The second-order valence-electron chi connectivity index (χ2n) is 9.86. The summed E-state index contributed by atoms with van der Waals surface area (Å²) in [6, 6.07) is 3.44. The van der Waals surface area contributed by atoms with Gasteiger partial charge in [-0.05, 0) is 38.3 Å². The van der Waals surface area contributed by atoms with Gasteiger partial charge in [-0.15, -0.1) is 0 Å². The maximum Gasteiger partial charge on any atom is 0.490 e. The first-order valence-electron chi connectivity index (χ1n) is 12.0. The molecule has 1 aromatic heterocycles. The van der Waals surface area contributed by atoms with Gasteiger partial charge in [0.05, 0.1) is 5.41 Å². The van der Waals surface area contributed by atoms with Crippen molar-refractivity contribution in [2.75, 3.05) is 53.4 Å². The second-order valence-corrected chi connectivity index (χ2v) is 9.86. The van der Waals surface area contributed by atoms with E-state index in [1.54, 1.807) is 43.5 Å². The van der Waals surface area contributed by atoms with E-state index in [2.05, 4.69) is 4.98 Å². The Hall–Kier alpha value is -3.38. The Balaban J connectivity index is 0.000000479. The van der Waals surface area contributed by atoms with E-state index in [0.717, 1.165) is 25.8 Å². The SMILES string of the molecule is CCN1CCC2(CN(C(=O)N(C)C)CC23CCN(C(=O)c2ccncc2)CC3)C1=O.O=C(O)C(F)(F)F. The predicted molar refractivity (Wildman–Crippen MR) is 125 cm³/mol. The van der Waals surface area contributed by atoms with Gasteiger partial charge in [-0.1, -0.05) is 0 Å². The third-order valence-electron chi connectivity index (χ3n) is 7.69. The summed E-state index contributed by atoms with van der Waals surface area (Å²) >= 11 is 0. The molecule has 4 heterocycles. The third-order valence-corrected chi connectivity index (χ3v) is 7.69. The van der Waals surface area contributed by atoms with Gasteiger partial charge < -0.3 is 24.7 Å². The van der Waals surface area contributed by atoms with Crippen molar-refractivity contribution in [1.82, 2.24) is 24.6 Å². The number of rotatable bonds is 2. The van der Waals surface area contributed by atoms with E-state index in [1.165, 1.54) is 0 Å². The van der Waals surface area contributed by atoms with Crippen molar-refractivity contribution in [3.8, 4) is 0 Å². The number of aliphatic carboxylic acids is 1. The topological polar surface area (TPSA) is 114 Å². The van der Waals surface area contributed by atoms with E-state index < -0.39 is 17.6 Å². The van der Waals surface area contributed by atoms with Crippen LogP contribution < -0.4 is 0 Å². The Bertz CT molecular complexity index is 1030. The minimum atomic E-state index is -5.08. The number of fused-ring (bicyclic) bond motifs is 1. The molecule has 10 nitrogen and oxygen atoms in total. The molecule has 1 atom stereocenters. The Morgan fingerprint density at radius 3 is 2.05 bits per heavy atom. The van der Waals surface area contributed by atoms with Crippen LogP contribution in [0.2, 0.25) is 0 Å². The number of halogens is 3. The van der Waals surface area contributed by atoms with E-state index in [-0.39, 0.29) is 23.3 Å². The van der Waals surface area contributed by atoms with Gasteiger partial charge in [-0.25, -0.2) is 9.59 Å². The van der Waals surface area contributed by atoms with Crippen molar-refractivity contribution in [1.29, 1.82) is 0 Å². The van der Waals surface area contributed by atoms with Gasteiger partial charge in [0, 0.05) is 76.7 Å². The van der Waals surface area contributed by atoms with E-state index in [4.69, 9.17) is 9.90 Å². The van der Waals surface area contributed by atoms with Gasteiger partial charge in [-0.2, -0.15) is 13.2 Å². The summed E-state index contributed by atoms with van der Waals surface area (Å²) in [5.74, 6) is -2.56. The normalized spacial score (nSPS) is 22.8. The number of carbonyl (C=O) groups excluding carboxylic acids is 3. The molecule has 2 spiro atoms. The van der Waals surface area contributed by atoms with Crippen molar-refractivity contribution in [2.45, 2.75) is 32.4 Å². The van der Waals surface area contributed by atoms with Crippen LogP contribution in [0.5, 0.6) is 0 Å². The fourth-order valence-electron chi connectivity index (χ4n) is 5.71. The second kappa shape index (κ2) is 10.5. The summed E-state index contributed by atoms with van der Waals surface area (Å²) in [6.07, 6.45) is 0.446. The van der Waals surface area contributed by atoms with Crippen molar-refractivity contribution in [2.24, 2.45) is 10.8 Å². The first-order valence-corrected chi connectivity index (χ1v) is 12.0. The lowest BCUT2D eigenvalue weighted by Gasteiger charge is -2.46. The highest BCUT2D eigenvalue weighted by molar-refractivity contribution is 5.94. The first kappa shape index (κ1) is 28.2. The van der Waals surface area contributed by atoms with Crippen molar-refractivity contribution in [3.05, 3.63) is 30.1 Å². The number of likely N-dealkylation sites (tertiary alicyclic amines) is 3. The van der Waals surface area contributed by atoms with Gasteiger partial charge in [0.15, 0.2) is 0 Å². The predicted octanol–water partition coefficient (Wildman–Crippen LogP) is 2.17. The summed E-state index contributed by atoms with van der Waals surface area (Å²) in [5, 5.41) is 7.12. The minimum absolute atomic E-state index is 0.00783. The molecule has 0 saturated carbocycles. The number of piperidine rings is 1. The van der Waals surface area contributed by atoms with Gasteiger partial charge in [-0.3, -0.25) is 14.6 Å². The standard InChI is InChI=1S/C22H31N5O3.C2HF3O2/c1-4-25-14-9-22(19(25)29)16-27(20(30)24(2)3)15-21(22)7-12-26(13-8-21)18(28)17-5-10-23-11-6-17;3-2(4,5)1(6)7/h5-6,10-11H,4,7-9,12-16H2,1-3H3;(H,6,7). The molecule has 13 heteroatoms. The number of hydrogen-bond donors (Lipinski definition) is 1. The third kappa shape index (κ3) is 5.35. The number of hydrogen-bond acceptors (Lipinski definition) is 5. The highest BCUT2D eigenvalue weighted by Crippen LogP contribution is 2.58. The molecule has 4 amide bonds. The molecule has 1 unspecified atom stereocenters. The summed E-state index contributed by atoms with van der Waals surface area (Å²) in [6.45, 7) is 5.74. The Labute approximate surface area is 213 Å². The Kier molecular flexibility index (Phi) is 8.03. The lowest BCUT2D eigenvalue weighted by atomic mass is 9.60. The number of aromatic nitrogens is 1. The highest BCUT2D eigenvalue weighted by Gasteiger charge is 2.66. The van der Waals surface area contributed by atoms with E-state index >= 15 is 0 Å². The molecule has 1 aromatic rings. The van der Waals surface area contributed by atoms with Crippen molar-refractivity contribution in [3.63, 3.8) is 0 Å². The number of carbonyl (C=O) groups is 4. The summed E-state index contributed by atoms with van der Waals surface area (Å²) in [7, 11) is 3.51. The minimum Gasteiger partial charge on any atom is -0.475 e. The smallest absolute Gasteiger partial charge is 0.475 e. The van der Waals surface area contributed by atoms with Gasteiger partial charge in [0.25, 0.3) is 5.91 Å². The maximum absolute atomic E-state index is 13.5. The average molecular weight is 528 g/mol. The van der Waals surface area contributed by atoms with E-state index in [1.807, 2.05) is 21.6 Å².